The second-order valence-electron chi connectivity index (χ2n) is 7.96. The van der Waals surface area contributed by atoms with E-state index in [0.717, 1.165) is 53.2 Å². The van der Waals surface area contributed by atoms with Crippen LogP contribution >= 0.6 is 11.6 Å². The molecule has 0 radical (unpaired) electrons. The molecule has 2 aromatic carbocycles. The lowest BCUT2D eigenvalue weighted by Gasteiger charge is -2.25. The molecule has 1 heterocycles. The van der Waals surface area contributed by atoms with Gasteiger partial charge in [-0.25, -0.2) is 4.68 Å². The highest BCUT2D eigenvalue weighted by Crippen LogP contribution is 2.38. The van der Waals surface area contributed by atoms with Crippen LogP contribution in [0, 0.1) is 5.92 Å². The SMILES string of the molecule is COc1ccccc1-n1nc2c(c1-c1ccc(Cl)cc1)CC(OC(=O)C1CCC1)C2. The standard InChI is InChI=1S/C24H23ClN2O3/c1-29-22-8-3-2-7-21(22)27-23(15-9-11-17(25)12-10-15)19-13-18(14-20(19)26-27)30-24(28)16-5-4-6-16/h2-3,7-12,16,18H,4-6,13-14H2,1H3. The van der Waals surface area contributed by atoms with E-state index in [2.05, 4.69) is 0 Å². The number of nitrogens with zero attached hydrogens (tertiary/aromatic N) is 2. The van der Waals surface area contributed by atoms with E-state index < -0.39 is 0 Å². The second-order valence-corrected chi connectivity index (χ2v) is 8.40. The highest BCUT2D eigenvalue weighted by Gasteiger charge is 2.35. The molecule has 0 amide bonds. The minimum atomic E-state index is -0.144. The van der Waals surface area contributed by atoms with Crippen molar-refractivity contribution in [2.75, 3.05) is 7.11 Å². The molecule has 1 saturated carbocycles. The van der Waals surface area contributed by atoms with Gasteiger partial charge in [0.05, 0.1) is 24.4 Å². The van der Waals surface area contributed by atoms with Gasteiger partial charge in [-0.3, -0.25) is 4.79 Å². The van der Waals surface area contributed by atoms with Crippen LogP contribution in [-0.2, 0) is 22.4 Å². The zero-order valence-electron chi connectivity index (χ0n) is 16.8. The fourth-order valence-electron chi connectivity index (χ4n) is 4.26. The van der Waals surface area contributed by atoms with Crippen molar-refractivity contribution in [3.05, 3.63) is 64.8 Å². The van der Waals surface area contributed by atoms with Crippen molar-refractivity contribution in [2.24, 2.45) is 5.92 Å². The van der Waals surface area contributed by atoms with Gasteiger partial charge < -0.3 is 9.47 Å². The van der Waals surface area contributed by atoms with Crippen molar-refractivity contribution in [3.8, 4) is 22.7 Å². The van der Waals surface area contributed by atoms with Gasteiger partial charge in [-0.05, 0) is 37.1 Å². The number of hydrogen-bond donors (Lipinski definition) is 0. The van der Waals surface area contributed by atoms with Gasteiger partial charge in [0.2, 0.25) is 0 Å². The molecule has 154 valence electrons. The molecule has 1 atom stereocenters. The molecule has 2 aliphatic carbocycles. The van der Waals surface area contributed by atoms with Gasteiger partial charge >= 0.3 is 5.97 Å². The summed E-state index contributed by atoms with van der Waals surface area (Å²) in [5, 5.41) is 5.60. The average Bonchev–Trinajstić information content (AvgIpc) is 3.24. The summed E-state index contributed by atoms with van der Waals surface area (Å²) in [6.45, 7) is 0. The van der Waals surface area contributed by atoms with E-state index in [9.17, 15) is 4.79 Å². The largest absolute Gasteiger partial charge is 0.494 e. The average molecular weight is 423 g/mol. The molecule has 5 rings (SSSR count). The van der Waals surface area contributed by atoms with Crippen LogP contribution in [-0.4, -0.2) is 29.0 Å². The number of para-hydroxylation sites is 2. The van der Waals surface area contributed by atoms with Crippen molar-refractivity contribution >= 4 is 17.6 Å². The summed E-state index contributed by atoms with van der Waals surface area (Å²) in [5.41, 5.74) is 4.98. The Morgan fingerprint density at radius 3 is 2.57 bits per heavy atom. The van der Waals surface area contributed by atoms with Crippen molar-refractivity contribution in [3.63, 3.8) is 0 Å². The molecule has 6 heteroatoms. The molecule has 2 aliphatic rings. The maximum absolute atomic E-state index is 12.3. The highest BCUT2D eigenvalue weighted by atomic mass is 35.5. The van der Waals surface area contributed by atoms with Gasteiger partial charge in [0.15, 0.2) is 0 Å². The van der Waals surface area contributed by atoms with Gasteiger partial charge in [0.1, 0.15) is 17.5 Å². The molecule has 0 aliphatic heterocycles. The Kier molecular flexibility index (Phi) is 4.99. The molecular weight excluding hydrogens is 400 g/mol. The number of halogens is 1. The van der Waals surface area contributed by atoms with Gasteiger partial charge in [-0.15, -0.1) is 0 Å². The summed E-state index contributed by atoms with van der Waals surface area (Å²) < 4.78 is 13.3. The number of aromatic nitrogens is 2. The van der Waals surface area contributed by atoms with Crippen LogP contribution in [0.3, 0.4) is 0 Å². The number of rotatable bonds is 5. The first-order chi connectivity index (χ1) is 14.6. The van der Waals surface area contributed by atoms with Crippen molar-refractivity contribution in [1.82, 2.24) is 9.78 Å². The highest BCUT2D eigenvalue weighted by molar-refractivity contribution is 6.30. The van der Waals surface area contributed by atoms with Gasteiger partial charge in [0, 0.05) is 29.0 Å². The first-order valence-electron chi connectivity index (χ1n) is 10.3. The van der Waals surface area contributed by atoms with Crippen LogP contribution in [0.5, 0.6) is 5.75 Å². The number of hydrogen-bond acceptors (Lipinski definition) is 4. The van der Waals surface area contributed by atoms with Gasteiger partial charge in [-0.2, -0.15) is 5.10 Å². The summed E-state index contributed by atoms with van der Waals surface area (Å²) in [7, 11) is 1.66. The molecule has 3 aromatic rings. The van der Waals surface area contributed by atoms with Crippen LogP contribution in [0.25, 0.3) is 16.9 Å². The fourth-order valence-corrected chi connectivity index (χ4v) is 4.39. The van der Waals surface area contributed by atoms with E-state index in [-0.39, 0.29) is 18.0 Å². The second kappa shape index (κ2) is 7.80. The predicted octanol–water partition coefficient (Wildman–Crippen LogP) is 5.01. The first kappa shape index (κ1) is 19.2. The zero-order valence-corrected chi connectivity index (χ0v) is 17.6. The molecular formula is C24H23ClN2O3. The Labute approximate surface area is 180 Å². The number of benzene rings is 2. The number of carbonyl (C=O) groups is 1. The number of esters is 1. The Bertz CT molecular complexity index is 1090. The van der Waals surface area contributed by atoms with E-state index in [0.29, 0.717) is 17.9 Å². The van der Waals surface area contributed by atoms with Crippen LogP contribution < -0.4 is 4.74 Å². The molecule has 1 unspecified atom stereocenters. The summed E-state index contributed by atoms with van der Waals surface area (Å²) in [6, 6.07) is 15.6. The Hall–Kier alpha value is -2.79. The Morgan fingerprint density at radius 2 is 1.87 bits per heavy atom. The Balaban J connectivity index is 1.53. The predicted molar refractivity (Wildman–Crippen MR) is 115 cm³/mol. The van der Waals surface area contributed by atoms with Crippen molar-refractivity contribution in [1.29, 1.82) is 0 Å². The topological polar surface area (TPSA) is 53.4 Å². The summed E-state index contributed by atoms with van der Waals surface area (Å²) >= 11 is 6.12. The molecule has 0 N–H and O–H groups in total. The molecule has 5 nitrogen and oxygen atoms in total. The maximum Gasteiger partial charge on any atom is 0.309 e. The molecule has 1 aromatic heterocycles. The number of methoxy groups -OCH3 is 1. The number of carbonyl (C=O) groups excluding carboxylic acids is 1. The van der Waals surface area contributed by atoms with Gasteiger partial charge in [0.25, 0.3) is 0 Å². The van der Waals surface area contributed by atoms with Gasteiger partial charge in [-0.1, -0.05) is 42.3 Å². The summed E-state index contributed by atoms with van der Waals surface area (Å²) in [5.74, 6) is 0.783. The molecule has 30 heavy (non-hydrogen) atoms. The van der Waals surface area contributed by atoms with Crippen LogP contribution in [0.2, 0.25) is 5.02 Å². The minimum absolute atomic E-state index is 0.0537. The van der Waals surface area contributed by atoms with Crippen LogP contribution in [0.15, 0.2) is 48.5 Å². The number of fused-ring (bicyclic) bond motifs is 1. The lowest BCUT2D eigenvalue weighted by atomic mass is 9.86. The number of ether oxygens (including phenoxy) is 2. The smallest absolute Gasteiger partial charge is 0.309 e. The van der Waals surface area contributed by atoms with E-state index in [4.69, 9.17) is 26.2 Å². The lowest BCUT2D eigenvalue weighted by Crippen LogP contribution is -2.29. The molecule has 0 spiro atoms. The quantitative estimate of drug-likeness (QED) is 0.542. The van der Waals surface area contributed by atoms with Crippen LogP contribution in [0.4, 0.5) is 0 Å². The third-order valence-electron chi connectivity index (χ3n) is 6.07. The molecule has 0 saturated heterocycles. The maximum atomic E-state index is 12.3. The zero-order chi connectivity index (χ0) is 20.7. The van der Waals surface area contributed by atoms with Crippen molar-refractivity contribution < 1.29 is 14.3 Å². The summed E-state index contributed by atoms with van der Waals surface area (Å²) in [4.78, 5) is 12.3. The van der Waals surface area contributed by atoms with E-state index in [1.54, 1.807) is 7.11 Å². The summed E-state index contributed by atoms with van der Waals surface area (Å²) in [6.07, 6.45) is 4.18. The third-order valence-corrected chi connectivity index (χ3v) is 6.32. The Morgan fingerprint density at radius 1 is 1.10 bits per heavy atom. The fraction of sp³-hybridized carbons (Fsp3) is 0.333. The van der Waals surface area contributed by atoms with E-state index >= 15 is 0 Å². The lowest BCUT2D eigenvalue weighted by molar-refractivity contribution is -0.156. The molecule has 0 bridgehead atoms. The minimum Gasteiger partial charge on any atom is -0.494 e. The van der Waals surface area contributed by atoms with Crippen molar-refractivity contribution in [2.45, 2.75) is 38.2 Å². The third kappa shape index (κ3) is 3.37. The normalized spacial score (nSPS) is 18.0. The van der Waals surface area contributed by atoms with E-state index in [1.165, 1.54) is 0 Å². The van der Waals surface area contributed by atoms with Crippen LogP contribution in [0.1, 0.15) is 30.5 Å². The van der Waals surface area contributed by atoms with E-state index in [1.807, 2.05) is 53.2 Å². The first-order valence-corrected chi connectivity index (χ1v) is 10.7. The monoisotopic (exact) mass is 422 g/mol. The molecule has 1 fully saturated rings.